The van der Waals surface area contributed by atoms with Crippen LogP contribution in [0, 0.1) is 11.2 Å². The fourth-order valence-electron chi connectivity index (χ4n) is 4.25. The Morgan fingerprint density at radius 2 is 1.82 bits per heavy atom. The molecule has 3 aromatic rings. The predicted molar refractivity (Wildman–Crippen MR) is 123 cm³/mol. The van der Waals surface area contributed by atoms with E-state index >= 15 is 0 Å². The third kappa shape index (κ3) is 4.96. The predicted octanol–water partition coefficient (Wildman–Crippen LogP) is 6.40. The molecule has 0 amide bonds. The van der Waals surface area contributed by atoms with Gasteiger partial charge in [0.25, 0.3) is 0 Å². The molecule has 0 bridgehead atoms. The molecule has 1 aliphatic carbocycles. The van der Waals surface area contributed by atoms with Crippen LogP contribution < -0.4 is 4.74 Å². The average molecular weight is 471 g/mol. The third-order valence-corrected chi connectivity index (χ3v) is 6.63. The van der Waals surface area contributed by atoms with E-state index in [4.69, 9.17) is 21.1 Å². The zero-order valence-corrected chi connectivity index (χ0v) is 18.9. The van der Waals surface area contributed by atoms with E-state index in [9.17, 15) is 19.1 Å². The maximum Gasteiger partial charge on any atom is 0.337 e. The lowest BCUT2D eigenvalue weighted by Crippen LogP contribution is -2.37. The molecule has 3 aromatic carbocycles. The first kappa shape index (κ1) is 23.1. The van der Waals surface area contributed by atoms with Crippen LogP contribution in [0.5, 0.6) is 5.75 Å². The number of ether oxygens (including phenoxy) is 2. The van der Waals surface area contributed by atoms with Crippen molar-refractivity contribution in [1.29, 1.82) is 0 Å². The Balaban J connectivity index is 1.37. The maximum absolute atomic E-state index is 14.2. The van der Waals surface area contributed by atoms with Crippen LogP contribution >= 0.6 is 11.6 Å². The molecule has 4 rings (SSSR count). The van der Waals surface area contributed by atoms with Crippen LogP contribution in [0.3, 0.4) is 0 Å². The van der Waals surface area contributed by atoms with Crippen LogP contribution in [0.4, 0.5) is 4.39 Å². The molecule has 0 atom stereocenters. The van der Waals surface area contributed by atoms with Gasteiger partial charge in [-0.3, -0.25) is 4.79 Å². The number of aromatic carboxylic acids is 1. The van der Waals surface area contributed by atoms with Gasteiger partial charge in [-0.1, -0.05) is 54.1 Å². The number of fused-ring (bicyclic) bond motifs is 1. The Morgan fingerprint density at radius 3 is 2.55 bits per heavy atom. The quantitative estimate of drug-likeness (QED) is 0.422. The summed E-state index contributed by atoms with van der Waals surface area (Å²) < 4.78 is 25.6. The molecular formula is C26H24ClFO5. The second-order valence-corrected chi connectivity index (χ2v) is 9.07. The molecule has 0 aromatic heterocycles. The molecule has 0 saturated heterocycles. The minimum atomic E-state index is -1.25. The minimum absolute atomic E-state index is 0.149. The first-order chi connectivity index (χ1) is 15.8. The Hall–Kier alpha value is -3.12. The number of carboxylic acid groups (broad SMARTS) is 1. The number of carboxylic acids is 1. The van der Waals surface area contributed by atoms with Gasteiger partial charge < -0.3 is 14.6 Å². The summed E-state index contributed by atoms with van der Waals surface area (Å²) in [6.45, 7) is 2.07. The molecule has 1 saturated carbocycles. The number of carbonyl (C=O) groups excluding carboxylic acids is 1. The standard InChI is InChI=1S/C26H24ClFO5/c1-26(25(31)32-15-17-7-4-6-16-5-2-3-8-19(16)17)11-9-18(10-12-26)33-23-13-20(24(29)30)21(27)14-22(23)28/h2-8,13-14,18H,9-12,15H2,1H3,(H,29,30)/t18-,26+. The normalized spacial score (nSPS) is 20.4. The van der Waals surface area contributed by atoms with Gasteiger partial charge in [-0.25, -0.2) is 9.18 Å². The molecule has 7 heteroatoms. The minimum Gasteiger partial charge on any atom is -0.487 e. The lowest BCUT2D eigenvalue weighted by Gasteiger charge is -2.35. The molecule has 0 heterocycles. The van der Waals surface area contributed by atoms with Crippen molar-refractivity contribution in [2.24, 2.45) is 5.41 Å². The summed E-state index contributed by atoms with van der Waals surface area (Å²) >= 11 is 5.79. The van der Waals surface area contributed by atoms with E-state index < -0.39 is 17.2 Å². The second kappa shape index (κ2) is 9.40. The highest BCUT2D eigenvalue weighted by Crippen LogP contribution is 2.39. The van der Waals surface area contributed by atoms with Crippen molar-refractivity contribution < 1.29 is 28.6 Å². The molecule has 0 spiro atoms. The fraction of sp³-hybridized carbons (Fsp3) is 0.308. The highest BCUT2D eigenvalue weighted by Gasteiger charge is 2.40. The van der Waals surface area contributed by atoms with E-state index in [-0.39, 0.29) is 35.0 Å². The zero-order chi connectivity index (χ0) is 23.6. The van der Waals surface area contributed by atoms with Gasteiger partial charge in [0, 0.05) is 0 Å². The van der Waals surface area contributed by atoms with Crippen LogP contribution in [-0.4, -0.2) is 23.1 Å². The average Bonchev–Trinajstić information content (AvgIpc) is 2.80. The van der Waals surface area contributed by atoms with Gasteiger partial charge >= 0.3 is 11.9 Å². The molecule has 0 unspecified atom stereocenters. The van der Waals surface area contributed by atoms with Crippen molar-refractivity contribution in [1.82, 2.24) is 0 Å². The van der Waals surface area contributed by atoms with Gasteiger partial charge in [-0.05, 0) is 61.1 Å². The van der Waals surface area contributed by atoms with E-state index in [1.165, 1.54) is 0 Å². The number of esters is 1. The van der Waals surface area contributed by atoms with Crippen molar-refractivity contribution in [3.8, 4) is 5.75 Å². The van der Waals surface area contributed by atoms with Gasteiger partial charge in [0.2, 0.25) is 0 Å². The van der Waals surface area contributed by atoms with Crippen molar-refractivity contribution in [3.05, 3.63) is 76.6 Å². The fourth-order valence-corrected chi connectivity index (χ4v) is 4.48. The van der Waals surface area contributed by atoms with E-state index in [0.29, 0.717) is 25.7 Å². The molecular weight excluding hydrogens is 447 g/mol. The van der Waals surface area contributed by atoms with Crippen molar-refractivity contribution in [2.45, 2.75) is 45.3 Å². The smallest absolute Gasteiger partial charge is 0.337 e. The van der Waals surface area contributed by atoms with Crippen molar-refractivity contribution in [3.63, 3.8) is 0 Å². The summed E-state index contributed by atoms with van der Waals surface area (Å²) in [6.07, 6.45) is 1.75. The summed E-state index contributed by atoms with van der Waals surface area (Å²) in [4.78, 5) is 24.2. The molecule has 33 heavy (non-hydrogen) atoms. The molecule has 172 valence electrons. The molecule has 1 N–H and O–H groups in total. The molecule has 1 fully saturated rings. The first-order valence-electron chi connectivity index (χ1n) is 10.8. The second-order valence-electron chi connectivity index (χ2n) is 8.66. The third-order valence-electron chi connectivity index (χ3n) is 6.31. The summed E-state index contributed by atoms with van der Waals surface area (Å²) in [5.74, 6) is -2.38. The van der Waals surface area contributed by atoms with Crippen molar-refractivity contribution >= 4 is 34.3 Å². The number of carbonyl (C=O) groups is 2. The van der Waals surface area contributed by atoms with Crippen LogP contribution in [0.1, 0.15) is 48.5 Å². The lowest BCUT2D eigenvalue weighted by molar-refractivity contribution is -0.159. The van der Waals surface area contributed by atoms with Crippen LogP contribution in [0.2, 0.25) is 5.02 Å². The number of hydrogen-bond acceptors (Lipinski definition) is 4. The largest absolute Gasteiger partial charge is 0.487 e. The van der Waals surface area contributed by atoms with Crippen LogP contribution in [0.15, 0.2) is 54.6 Å². The summed E-state index contributed by atoms with van der Waals surface area (Å²) in [6, 6.07) is 15.9. The number of rotatable bonds is 6. The Labute approximate surface area is 196 Å². The summed E-state index contributed by atoms with van der Waals surface area (Å²) in [5.41, 5.74) is 0.0788. The highest BCUT2D eigenvalue weighted by molar-refractivity contribution is 6.33. The molecule has 5 nitrogen and oxygen atoms in total. The van der Waals surface area contributed by atoms with Gasteiger partial charge in [0.15, 0.2) is 11.6 Å². The Bertz CT molecular complexity index is 1200. The topological polar surface area (TPSA) is 72.8 Å². The zero-order valence-electron chi connectivity index (χ0n) is 18.1. The molecule has 0 aliphatic heterocycles. The Kier molecular flexibility index (Phi) is 6.56. The summed E-state index contributed by atoms with van der Waals surface area (Å²) in [5, 5.41) is 11.2. The van der Waals surface area contributed by atoms with E-state index in [0.717, 1.165) is 28.5 Å². The number of halogens is 2. The van der Waals surface area contributed by atoms with Gasteiger partial charge in [-0.15, -0.1) is 0 Å². The van der Waals surface area contributed by atoms with Gasteiger partial charge in [0.05, 0.1) is 22.1 Å². The van der Waals surface area contributed by atoms with Gasteiger partial charge in [-0.2, -0.15) is 0 Å². The van der Waals surface area contributed by atoms with E-state index in [1.807, 2.05) is 49.4 Å². The van der Waals surface area contributed by atoms with Crippen LogP contribution in [0.25, 0.3) is 10.8 Å². The SMILES string of the molecule is C[C@]1(C(=O)OCc2cccc3ccccc23)CC[C@@H](Oc2cc(C(=O)O)c(Cl)cc2F)CC1. The van der Waals surface area contributed by atoms with E-state index in [1.54, 1.807) is 0 Å². The maximum atomic E-state index is 14.2. The first-order valence-corrected chi connectivity index (χ1v) is 11.2. The van der Waals surface area contributed by atoms with Crippen LogP contribution in [-0.2, 0) is 16.1 Å². The lowest BCUT2D eigenvalue weighted by atomic mass is 9.74. The highest BCUT2D eigenvalue weighted by atomic mass is 35.5. The Morgan fingerprint density at radius 1 is 1.12 bits per heavy atom. The molecule has 1 aliphatic rings. The number of hydrogen-bond donors (Lipinski definition) is 1. The van der Waals surface area contributed by atoms with E-state index in [2.05, 4.69) is 0 Å². The number of benzene rings is 3. The van der Waals surface area contributed by atoms with Crippen molar-refractivity contribution in [2.75, 3.05) is 0 Å². The molecule has 0 radical (unpaired) electrons. The monoisotopic (exact) mass is 470 g/mol. The van der Waals surface area contributed by atoms with Gasteiger partial charge in [0.1, 0.15) is 6.61 Å². The summed E-state index contributed by atoms with van der Waals surface area (Å²) in [7, 11) is 0.